The molecule has 110 valence electrons. The number of halogens is 1. The Morgan fingerprint density at radius 2 is 2.15 bits per heavy atom. The van der Waals surface area contributed by atoms with Gasteiger partial charge in [0.15, 0.2) is 0 Å². The maximum absolute atomic E-state index is 11.8. The molecule has 1 rings (SSSR count). The average molecular weight is 300 g/mol. The number of anilines is 1. The van der Waals surface area contributed by atoms with Crippen LogP contribution in [0.15, 0.2) is 12.3 Å². The first-order chi connectivity index (χ1) is 9.35. The van der Waals surface area contributed by atoms with Gasteiger partial charge in [0, 0.05) is 18.8 Å². The van der Waals surface area contributed by atoms with Crippen LogP contribution in [0, 0.1) is 0 Å². The lowest BCUT2D eigenvalue weighted by molar-refractivity contribution is -0.120. The minimum absolute atomic E-state index is 0.0283. The van der Waals surface area contributed by atoms with E-state index in [4.69, 9.17) is 16.7 Å². The minimum atomic E-state index is -1.12. The largest absolute Gasteiger partial charge is 0.478 e. The molecule has 0 radical (unpaired) electrons. The highest BCUT2D eigenvalue weighted by Crippen LogP contribution is 2.20. The molecule has 1 amide bonds. The Kier molecular flexibility index (Phi) is 5.76. The van der Waals surface area contributed by atoms with Gasteiger partial charge in [0.05, 0.1) is 17.1 Å². The van der Waals surface area contributed by atoms with Gasteiger partial charge in [-0.1, -0.05) is 11.6 Å². The number of hydrogen-bond acceptors (Lipinski definition) is 4. The Labute approximate surface area is 122 Å². The lowest BCUT2D eigenvalue weighted by Crippen LogP contribution is -2.40. The van der Waals surface area contributed by atoms with E-state index in [1.54, 1.807) is 4.90 Å². The number of carbonyl (C=O) groups excluding carboxylic acids is 1. The van der Waals surface area contributed by atoms with Gasteiger partial charge in [-0.3, -0.25) is 4.79 Å². The number of carbonyl (C=O) groups is 2. The second-order valence-electron chi connectivity index (χ2n) is 4.56. The molecule has 0 aromatic carbocycles. The van der Waals surface area contributed by atoms with Crippen molar-refractivity contribution in [3.8, 4) is 0 Å². The number of carboxylic acids is 1. The van der Waals surface area contributed by atoms with Crippen molar-refractivity contribution in [2.24, 2.45) is 0 Å². The number of nitrogens with zero attached hydrogens (tertiary/aromatic N) is 2. The summed E-state index contributed by atoms with van der Waals surface area (Å²) >= 11 is 5.77. The molecule has 0 unspecified atom stereocenters. The third-order valence-corrected chi connectivity index (χ3v) is 2.86. The summed E-state index contributed by atoms with van der Waals surface area (Å²) in [6.07, 6.45) is 1.28. The van der Waals surface area contributed by atoms with Gasteiger partial charge in [-0.15, -0.1) is 0 Å². The highest BCUT2D eigenvalue weighted by atomic mass is 35.5. The summed E-state index contributed by atoms with van der Waals surface area (Å²) in [5.41, 5.74) is -0.0283. The fourth-order valence-electron chi connectivity index (χ4n) is 1.66. The van der Waals surface area contributed by atoms with E-state index in [2.05, 4.69) is 10.3 Å². The number of aromatic nitrogens is 1. The van der Waals surface area contributed by atoms with Gasteiger partial charge in [-0.2, -0.15) is 0 Å². The molecule has 1 aromatic heterocycles. The molecule has 0 aliphatic carbocycles. The second kappa shape index (κ2) is 7.09. The number of likely N-dealkylation sites (N-methyl/N-ethyl adjacent to an activating group) is 1. The first-order valence-corrected chi connectivity index (χ1v) is 6.66. The van der Waals surface area contributed by atoms with Crippen molar-refractivity contribution >= 4 is 29.3 Å². The number of amides is 1. The van der Waals surface area contributed by atoms with Crippen LogP contribution in [0.1, 0.15) is 31.1 Å². The van der Waals surface area contributed by atoms with E-state index in [-0.39, 0.29) is 29.1 Å². The van der Waals surface area contributed by atoms with Crippen molar-refractivity contribution in [1.82, 2.24) is 10.3 Å². The first-order valence-electron chi connectivity index (χ1n) is 6.28. The Bertz CT molecular complexity index is 506. The van der Waals surface area contributed by atoms with Gasteiger partial charge in [0.25, 0.3) is 0 Å². The van der Waals surface area contributed by atoms with Gasteiger partial charge in [0.2, 0.25) is 5.91 Å². The van der Waals surface area contributed by atoms with Gasteiger partial charge < -0.3 is 15.3 Å². The van der Waals surface area contributed by atoms with E-state index in [1.165, 1.54) is 12.3 Å². The van der Waals surface area contributed by atoms with Crippen LogP contribution >= 0.6 is 11.6 Å². The van der Waals surface area contributed by atoms with Crippen molar-refractivity contribution in [3.05, 3.63) is 22.8 Å². The summed E-state index contributed by atoms with van der Waals surface area (Å²) in [5.74, 6) is -0.856. The molecule has 2 N–H and O–H groups in total. The fraction of sp³-hybridized carbons (Fsp3) is 0.462. The average Bonchev–Trinajstić information content (AvgIpc) is 2.35. The monoisotopic (exact) mass is 299 g/mol. The van der Waals surface area contributed by atoms with Gasteiger partial charge in [-0.05, 0) is 26.8 Å². The summed E-state index contributed by atoms with van der Waals surface area (Å²) in [7, 11) is 0. The van der Waals surface area contributed by atoms with Crippen LogP contribution in [0.5, 0.6) is 0 Å². The van der Waals surface area contributed by atoms with Crippen molar-refractivity contribution in [3.63, 3.8) is 0 Å². The molecule has 0 bridgehead atoms. The number of nitrogens with one attached hydrogen (secondary N) is 1. The van der Waals surface area contributed by atoms with E-state index in [9.17, 15) is 9.59 Å². The van der Waals surface area contributed by atoms with Crippen LogP contribution in [0.4, 0.5) is 5.82 Å². The van der Waals surface area contributed by atoms with Crippen molar-refractivity contribution in [1.29, 1.82) is 0 Å². The molecule has 7 heteroatoms. The molecule has 6 nitrogen and oxygen atoms in total. The first kappa shape index (κ1) is 16.2. The highest BCUT2D eigenvalue weighted by molar-refractivity contribution is 6.33. The molecule has 0 fully saturated rings. The second-order valence-corrected chi connectivity index (χ2v) is 4.97. The third kappa shape index (κ3) is 4.38. The number of aromatic carboxylic acids is 1. The molecule has 0 atom stereocenters. The zero-order chi connectivity index (χ0) is 15.3. The van der Waals surface area contributed by atoms with Crippen LogP contribution < -0.4 is 10.2 Å². The maximum atomic E-state index is 11.8. The lowest BCUT2D eigenvalue weighted by Gasteiger charge is -2.22. The van der Waals surface area contributed by atoms with Crippen LogP contribution in [0.2, 0.25) is 5.02 Å². The molecule has 1 aromatic rings. The Balaban J connectivity index is 2.92. The molecule has 0 saturated carbocycles. The SMILES string of the molecule is CCN(CC(=O)NC(C)C)c1cc(C(=O)O)c(Cl)cn1. The Hall–Kier alpha value is -1.82. The molecular weight excluding hydrogens is 282 g/mol. The maximum Gasteiger partial charge on any atom is 0.337 e. The fourth-order valence-corrected chi connectivity index (χ4v) is 1.84. The molecule has 20 heavy (non-hydrogen) atoms. The van der Waals surface area contributed by atoms with E-state index >= 15 is 0 Å². The molecular formula is C13H18ClN3O3. The zero-order valence-electron chi connectivity index (χ0n) is 11.7. The van der Waals surface area contributed by atoms with Crippen molar-refractivity contribution < 1.29 is 14.7 Å². The summed E-state index contributed by atoms with van der Waals surface area (Å²) in [4.78, 5) is 28.6. The number of rotatable bonds is 6. The summed E-state index contributed by atoms with van der Waals surface area (Å²) in [6, 6.07) is 1.42. The van der Waals surface area contributed by atoms with E-state index in [1.807, 2.05) is 20.8 Å². The number of hydrogen-bond donors (Lipinski definition) is 2. The highest BCUT2D eigenvalue weighted by Gasteiger charge is 2.16. The summed E-state index contributed by atoms with van der Waals surface area (Å²) in [5, 5.41) is 11.9. The molecule has 1 heterocycles. The molecule has 0 aliphatic heterocycles. The van der Waals surface area contributed by atoms with E-state index in [0.29, 0.717) is 12.4 Å². The smallest absolute Gasteiger partial charge is 0.337 e. The van der Waals surface area contributed by atoms with E-state index < -0.39 is 5.97 Å². The van der Waals surface area contributed by atoms with Gasteiger partial charge in [-0.25, -0.2) is 9.78 Å². The Morgan fingerprint density at radius 3 is 2.65 bits per heavy atom. The van der Waals surface area contributed by atoms with Gasteiger partial charge in [0.1, 0.15) is 5.82 Å². The van der Waals surface area contributed by atoms with E-state index in [0.717, 1.165) is 0 Å². The predicted molar refractivity (Wildman–Crippen MR) is 77.4 cm³/mol. The predicted octanol–water partition coefficient (Wildman–Crippen LogP) is 1.78. The normalized spacial score (nSPS) is 10.4. The quantitative estimate of drug-likeness (QED) is 0.837. The van der Waals surface area contributed by atoms with Crippen LogP contribution in [0.3, 0.4) is 0 Å². The van der Waals surface area contributed by atoms with Crippen LogP contribution in [-0.2, 0) is 4.79 Å². The van der Waals surface area contributed by atoms with Crippen molar-refractivity contribution in [2.45, 2.75) is 26.8 Å². The summed E-state index contributed by atoms with van der Waals surface area (Å²) < 4.78 is 0. The third-order valence-electron chi connectivity index (χ3n) is 2.56. The lowest BCUT2D eigenvalue weighted by atomic mass is 10.2. The van der Waals surface area contributed by atoms with Crippen LogP contribution in [0.25, 0.3) is 0 Å². The number of pyridine rings is 1. The standard InChI is InChI=1S/C13H18ClN3O3/c1-4-17(7-12(18)16-8(2)3)11-5-9(13(19)20)10(14)6-15-11/h5-6,8H,4,7H2,1-3H3,(H,16,18)(H,19,20). The molecule has 0 saturated heterocycles. The van der Waals surface area contributed by atoms with Crippen molar-refractivity contribution in [2.75, 3.05) is 18.0 Å². The molecule has 0 aliphatic rings. The molecule has 0 spiro atoms. The number of carboxylic acid groups (broad SMARTS) is 1. The summed E-state index contributed by atoms with van der Waals surface area (Å²) in [6.45, 7) is 6.25. The minimum Gasteiger partial charge on any atom is -0.478 e. The van der Waals surface area contributed by atoms with Crippen LogP contribution in [-0.4, -0.2) is 41.1 Å². The zero-order valence-corrected chi connectivity index (χ0v) is 12.4. The van der Waals surface area contributed by atoms with Gasteiger partial charge >= 0.3 is 5.97 Å². The Morgan fingerprint density at radius 1 is 1.50 bits per heavy atom. The topological polar surface area (TPSA) is 82.5 Å².